The number of carbonyl (C=O) groups excluding carboxylic acids is 1. The molecular formula is C23H26N2O3S. The maximum atomic E-state index is 13.3. The van der Waals surface area contributed by atoms with Crippen LogP contribution < -0.4 is 9.64 Å². The number of thiazole rings is 1. The SMILES string of the molecule is CCOc1ccc(CC(=O)N(C[C@@H]2CCCO2)c2nc3ccc(C)cc3s2)cc1. The summed E-state index contributed by atoms with van der Waals surface area (Å²) in [6, 6.07) is 13.9. The molecule has 0 radical (unpaired) electrons. The first-order valence-electron chi connectivity index (χ1n) is 10.1. The van der Waals surface area contributed by atoms with Gasteiger partial charge in [-0.25, -0.2) is 4.98 Å². The molecule has 1 amide bonds. The molecule has 2 heterocycles. The third-order valence-electron chi connectivity index (χ3n) is 5.06. The van der Waals surface area contributed by atoms with E-state index >= 15 is 0 Å². The molecule has 6 heteroatoms. The van der Waals surface area contributed by atoms with E-state index in [0.29, 0.717) is 19.6 Å². The quantitative estimate of drug-likeness (QED) is 0.564. The monoisotopic (exact) mass is 410 g/mol. The van der Waals surface area contributed by atoms with Gasteiger partial charge in [0.2, 0.25) is 5.91 Å². The minimum atomic E-state index is 0.0421. The van der Waals surface area contributed by atoms with Crippen molar-refractivity contribution in [3.63, 3.8) is 0 Å². The molecule has 1 saturated heterocycles. The minimum Gasteiger partial charge on any atom is -0.494 e. The van der Waals surface area contributed by atoms with Crippen molar-refractivity contribution >= 4 is 32.6 Å². The molecule has 29 heavy (non-hydrogen) atoms. The maximum Gasteiger partial charge on any atom is 0.233 e. The van der Waals surface area contributed by atoms with E-state index in [0.717, 1.165) is 46.1 Å². The smallest absolute Gasteiger partial charge is 0.233 e. The summed E-state index contributed by atoms with van der Waals surface area (Å²) in [5.74, 6) is 0.863. The van der Waals surface area contributed by atoms with Crippen LogP contribution in [0.25, 0.3) is 10.2 Å². The van der Waals surface area contributed by atoms with Crippen molar-refractivity contribution in [1.29, 1.82) is 0 Å². The van der Waals surface area contributed by atoms with E-state index in [4.69, 9.17) is 14.5 Å². The molecule has 1 aromatic heterocycles. The lowest BCUT2D eigenvalue weighted by Gasteiger charge is -2.23. The number of nitrogens with zero attached hydrogens (tertiary/aromatic N) is 2. The number of amides is 1. The number of rotatable bonds is 7. The Kier molecular flexibility index (Phi) is 6.11. The first-order valence-corrected chi connectivity index (χ1v) is 10.9. The highest BCUT2D eigenvalue weighted by Gasteiger charge is 2.26. The summed E-state index contributed by atoms with van der Waals surface area (Å²) in [5, 5.41) is 0.747. The summed E-state index contributed by atoms with van der Waals surface area (Å²) < 4.78 is 12.4. The van der Waals surface area contributed by atoms with Crippen LogP contribution in [0.2, 0.25) is 0 Å². The number of aromatic nitrogens is 1. The summed E-state index contributed by atoms with van der Waals surface area (Å²) in [6.07, 6.45) is 2.43. The highest BCUT2D eigenvalue weighted by Crippen LogP contribution is 2.31. The standard InChI is InChI=1S/C23H26N2O3S/c1-3-27-18-9-7-17(8-10-18)14-22(26)25(15-19-5-4-12-28-19)23-24-20-11-6-16(2)13-21(20)29-23/h6-11,13,19H,3-5,12,14-15H2,1-2H3/t19-/m0/s1. The van der Waals surface area contributed by atoms with Crippen molar-refractivity contribution in [3.05, 3.63) is 53.6 Å². The van der Waals surface area contributed by atoms with Crippen LogP contribution in [0.4, 0.5) is 5.13 Å². The predicted molar refractivity (Wildman–Crippen MR) is 117 cm³/mol. The molecule has 1 aliphatic heterocycles. The van der Waals surface area contributed by atoms with Crippen LogP contribution in [-0.4, -0.2) is 36.8 Å². The highest BCUT2D eigenvalue weighted by molar-refractivity contribution is 7.22. The van der Waals surface area contributed by atoms with Gasteiger partial charge in [0.15, 0.2) is 5.13 Å². The van der Waals surface area contributed by atoms with Gasteiger partial charge in [0.1, 0.15) is 5.75 Å². The minimum absolute atomic E-state index is 0.0421. The van der Waals surface area contributed by atoms with Crippen LogP contribution in [0.15, 0.2) is 42.5 Å². The summed E-state index contributed by atoms with van der Waals surface area (Å²) in [4.78, 5) is 19.8. The van der Waals surface area contributed by atoms with E-state index in [1.165, 1.54) is 5.56 Å². The molecule has 0 saturated carbocycles. The fourth-order valence-electron chi connectivity index (χ4n) is 3.55. The topological polar surface area (TPSA) is 51.7 Å². The van der Waals surface area contributed by atoms with Gasteiger partial charge in [-0.1, -0.05) is 29.5 Å². The second kappa shape index (κ2) is 8.93. The molecule has 152 valence electrons. The second-order valence-electron chi connectivity index (χ2n) is 7.36. The van der Waals surface area contributed by atoms with E-state index < -0.39 is 0 Å². The number of hydrogen-bond acceptors (Lipinski definition) is 5. The van der Waals surface area contributed by atoms with Crippen LogP contribution in [0.5, 0.6) is 5.75 Å². The van der Waals surface area contributed by atoms with Crippen molar-refractivity contribution < 1.29 is 14.3 Å². The van der Waals surface area contributed by atoms with Gasteiger partial charge in [0.05, 0.1) is 35.9 Å². The number of benzene rings is 2. The molecule has 5 nitrogen and oxygen atoms in total. The van der Waals surface area contributed by atoms with Gasteiger partial charge in [-0.3, -0.25) is 9.69 Å². The Morgan fingerprint density at radius 3 is 2.83 bits per heavy atom. The average molecular weight is 411 g/mol. The lowest BCUT2D eigenvalue weighted by Crippen LogP contribution is -2.38. The molecular weight excluding hydrogens is 384 g/mol. The van der Waals surface area contributed by atoms with Crippen LogP contribution >= 0.6 is 11.3 Å². The van der Waals surface area contributed by atoms with Gasteiger partial charge < -0.3 is 9.47 Å². The lowest BCUT2D eigenvalue weighted by atomic mass is 10.1. The lowest BCUT2D eigenvalue weighted by molar-refractivity contribution is -0.118. The summed E-state index contributed by atoms with van der Waals surface area (Å²) in [7, 11) is 0. The molecule has 1 atom stereocenters. The van der Waals surface area contributed by atoms with Gasteiger partial charge in [-0.2, -0.15) is 0 Å². The van der Waals surface area contributed by atoms with Crippen molar-refractivity contribution in [2.24, 2.45) is 0 Å². The normalized spacial score (nSPS) is 16.3. The summed E-state index contributed by atoms with van der Waals surface area (Å²) in [5.41, 5.74) is 3.09. The number of anilines is 1. The molecule has 2 aromatic carbocycles. The summed E-state index contributed by atoms with van der Waals surface area (Å²) >= 11 is 1.57. The molecule has 0 bridgehead atoms. The number of fused-ring (bicyclic) bond motifs is 1. The summed E-state index contributed by atoms with van der Waals surface area (Å²) in [6.45, 7) is 5.98. The Labute approximate surface area is 175 Å². The molecule has 3 aromatic rings. The Morgan fingerprint density at radius 1 is 1.28 bits per heavy atom. The van der Waals surface area contributed by atoms with Gasteiger partial charge in [0.25, 0.3) is 0 Å². The number of carbonyl (C=O) groups is 1. The zero-order valence-electron chi connectivity index (χ0n) is 16.9. The Balaban J connectivity index is 1.57. The Bertz CT molecular complexity index is 977. The zero-order chi connectivity index (χ0) is 20.2. The first-order chi connectivity index (χ1) is 14.1. The highest BCUT2D eigenvalue weighted by atomic mass is 32.1. The Morgan fingerprint density at radius 2 is 2.10 bits per heavy atom. The predicted octanol–water partition coefficient (Wildman–Crippen LogP) is 4.76. The molecule has 0 N–H and O–H groups in total. The van der Waals surface area contributed by atoms with Gasteiger partial charge in [-0.05, 0) is 62.1 Å². The van der Waals surface area contributed by atoms with Crippen molar-refractivity contribution in [1.82, 2.24) is 4.98 Å². The van der Waals surface area contributed by atoms with E-state index in [1.807, 2.05) is 42.2 Å². The third kappa shape index (κ3) is 4.77. The van der Waals surface area contributed by atoms with Crippen molar-refractivity contribution in [2.75, 3.05) is 24.7 Å². The largest absolute Gasteiger partial charge is 0.494 e. The first kappa shape index (κ1) is 19.9. The molecule has 1 fully saturated rings. The molecule has 0 spiro atoms. The van der Waals surface area contributed by atoms with E-state index in [2.05, 4.69) is 19.1 Å². The molecule has 1 aliphatic rings. The van der Waals surface area contributed by atoms with E-state index in [-0.39, 0.29) is 12.0 Å². The fraction of sp³-hybridized carbons (Fsp3) is 0.391. The third-order valence-corrected chi connectivity index (χ3v) is 6.11. The van der Waals surface area contributed by atoms with Gasteiger partial charge >= 0.3 is 0 Å². The average Bonchev–Trinajstić information content (AvgIpc) is 3.36. The molecule has 4 rings (SSSR count). The van der Waals surface area contributed by atoms with Crippen molar-refractivity contribution in [2.45, 2.75) is 39.2 Å². The molecule has 0 aliphatic carbocycles. The van der Waals surface area contributed by atoms with Crippen LogP contribution in [0, 0.1) is 6.92 Å². The van der Waals surface area contributed by atoms with Crippen LogP contribution in [0.3, 0.4) is 0 Å². The second-order valence-corrected chi connectivity index (χ2v) is 8.37. The van der Waals surface area contributed by atoms with Crippen LogP contribution in [0.1, 0.15) is 30.9 Å². The van der Waals surface area contributed by atoms with E-state index in [1.54, 1.807) is 11.3 Å². The number of hydrogen-bond donors (Lipinski definition) is 0. The maximum absolute atomic E-state index is 13.3. The van der Waals surface area contributed by atoms with E-state index in [9.17, 15) is 4.79 Å². The Hall–Kier alpha value is -2.44. The molecule has 0 unspecified atom stereocenters. The number of aryl methyl sites for hydroxylation is 1. The van der Waals surface area contributed by atoms with Crippen LogP contribution in [-0.2, 0) is 16.0 Å². The van der Waals surface area contributed by atoms with Gasteiger partial charge in [0, 0.05) is 6.61 Å². The fourth-order valence-corrected chi connectivity index (χ4v) is 4.64. The van der Waals surface area contributed by atoms with Gasteiger partial charge in [-0.15, -0.1) is 0 Å². The zero-order valence-corrected chi connectivity index (χ0v) is 17.7. The van der Waals surface area contributed by atoms with Crippen molar-refractivity contribution in [3.8, 4) is 5.75 Å². The number of ether oxygens (including phenoxy) is 2.